The smallest absolute Gasteiger partial charge is 0.0694 e. The molecule has 1 saturated heterocycles. The molecule has 0 saturated carbocycles. The van der Waals surface area contributed by atoms with Crippen molar-refractivity contribution in [3.8, 4) is 0 Å². The summed E-state index contributed by atoms with van der Waals surface area (Å²) < 4.78 is 5.28. The molecule has 1 aliphatic heterocycles. The third-order valence-corrected chi connectivity index (χ3v) is 3.97. The minimum Gasteiger partial charge on any atom is -0.390 e. The minimum atomic E-state index is -0.460. The van der Waals surface area contributed by atoms with Gasteiger partial charge in [0.25, 0.3) is 0 Å². The van der Waals surface area contributed by atoms with Crippen molar-refractivity contribution in [1.82, 2.24) is 0 Å². The second-order valence-electron chi connectivity index (χ2n) is 5.82. The summed E-state index contributed by atoms with van der Waals surface area (Å²) in [5, 5.41) is 10.3. The molecule has 0 bridgehead atoms. The average molecular weight is 254 g/mol. The third kappa shape index (κ3) is 6.55. The maximum atomic E-state index is 10.3. The Hall–Kier alpha value is -0.340. The first-order valence-electron chi connectivity index (χ1n) is 7.61. The highest BCUT2D eigenvalue weighted by Crippen LogP contribution is 2.25. The van der Waals surface area contributed by atoms with Crippen LogP contribution in [0.2, 0.25) is 0 Å². The van der Waals surface area contributed by atoms with E-state index in [0.29, 0.717) is 0 Å². The lowest BCUT2D eigenvalue weighted by Gasteiger charge is -2.31. The molecule has 1 N–H and O–H groups in total. The van der Waals surface area contributed by atoms with Crippen LogP contribution in [0.25, 0.3) is 0 Å². The van der Waals surface area contributed by atoms with Gasteiger partial charge in [-0.25, -0.2) is 0 Å². The van der Waals surface area contributed by atoms with E-state index in [9.17, 15) is 5.11 Å². The van der Waals surface area contributed by atoms with Gasteiger partial charge in [-0.1, -0.05) is 38.8 Å². The SMILES string of the molecule is CCCC(C)CCC=CCCC1(O)CCOCC1. The predicted molar refractivity (Wildman–Crippen MR) is 76.7 cm³/mol. The summed E-state index contributed by atoms with van der Waals surface area (Å²) in [6.45, 7) is 6.02. The fourth-order valence-corrected chi connectivity index (χ4v) is 2.61. The van der Waals surface area contributed by atoms with E-state index in [1.165, 1.54) is 25.7 Å². The van der Waals surface area contributed by atoms with E-state index in [4.69, 9.17) is 4.74 Å². The van der Waals surface area contributed by atoms with Gasteiger partial charge in [0.1, 0.15) is 0 Å². The first kappa shape index (κ1) is 15.7. The van der Waals surface area contributed by atoms with Gasteiger partial charge in [-0.2, -0.15) is 0 Å². The molecule has 1 rings (SSSR count). The zero-order valence-corrected chi connectivity index (χ0v) is 12.2. The van der Waals surface area contributed by atoms with Gasteiger partial charge >= 0.3 is 0 Å². The Kier molecular flexibility index (Phi) is 7.60. The molecule has 1 atom stereocenters. The standard InChI is InChI=1S/C16H30O2/c1-3-8-15(2)9-6-4-5-7-10-16(17)11-13-18-14-12-16/h4-5,15,17H,3,6-14H2,1-2H3. The Labute approximate surface area is 112 Å². The van der Waals surface area contributed by atoms with Crippen molar-refractivity contribution in [2.75, 3.05) is 13.2 Å². The zero-order valence-electron chi connectivity index (χ0n) is 12.2. The summed E-state index contributed by atoms with van der Waals surface area (Å²) in [4.78, 5) is 0. The Morgan fingerprint density at radius 2 is 1.83 bits per heavy atom. The number of aliphatic hydroxyl groups is 1. The van der Waals surface area contributed by atoms with E-state index in [1.54, 1.807) is 0 Å². The minimum absolute atomic E-state index is 0.460. The van der Waals surface area contributed by atoms with Crippen LogP contribution in [-0.4, -0.2) is 23.9 Å². The van der Waals surface area contributed by atoms with Gasteiger partial charge in [-0.05, 0) is 44.4 Å². The van der Waals surface area contributed by atoms with E-state index in [0.717, 1.165) is 44.8 Å². The van der Waals surface area contributed by atoms with Crippen LogP contribution in [0.15, 0.2) is 12.2 Å². The predicted octanol–water partition coefficient (Wildman–Crippen LogP) is 4.08. The third-order valence-electron chi connectivity index (χ3n) is 3.97. The Balaban J connectivity index is 2.06. The Bertz CT molecular complexity index is 229. The molecule has 1 heterocycles. The summed E-state index contributed by atoms with van der Waals surface area (Å²) in [5.74, 6) is 0.847. The van der Waals surface area contributed by atoms with Gasteiger partial charge < -0.3 is 9.84 Å². The van der Waals surface area contributed by atoms with Crippen LogP contribution >= 0.6 is 0 Å². The van der Waals surface area contributed by atoms with Gasteiger partial charge in [0.05, 0.1) is 5.60 Å². The average Bonchev–Trinajstić information content (AvgIpc) is 2.35. The molecule has 0 spiro atoms. The van der Waals surface area contributed by atoms with Gasteiger partial charge in [0.2, 0.25) is 0 Å². The van der Waals surface area contributed by atoms with Crippen LogP contribution in [-0.2, 0) is 4.74 Å². The first-order chi connectivity index (χ1) is 8.66. The highest BCUT2D eigenvalue weighted by molar-refractivity contribution is 4.88. The number of rotatable bonds is 8. The number of allylic oxidation sites excluding steroid dienone is 2. The number of ether oxygens (including phenoxy) is 1. The molecule has 106 valence electrons. The molecule has 0 aromatic rings. The quantitative estimate of drug-likeness (QED) is 0.661. The fourth-order valence-electron chi connectivity index (χ4n) is 2.61. The molecule has 2 nitrogen and oxygen atoms in total. The van der Waals surface area contributed by atoms with Crippen LogP contribution < -0.4 is 0 Å². The highest BCUT2D eigenvalue weighted by Gasteiger charge is 2.28. The van der Waals surface area contributed by atoms with Crippen molar-refractivity contribution in [3.05, 3.63) is 12.2 Å². The van der Waals surface area contributed by atoms with Crippen LogP contribution in [0.4, 0.5) is 0 Å². The topological polar surface area (TPSA) is 29.5 Å². The Morgan fingerprint density at radius 1 is 1.17 bits per heavy atom. The largest absolute Gasteiger partial charge is 0.390 e. The maximum absolute atomic E-state index is 10.3. The number of hydrogen-bond acceptors (Lipinski definition) is 2. The number of hydrogen-bond donors (Lipinski definition) is 1. The molecule has 1 unspecified atom stereocenters. The summed E-state index contributed by atoms with van der Waals surface area (Å²) in [5.41, 5.74) is -0.460. The van der Waals surface area contributed by atoms with E-state index in [2.05, 4.69) is 26.0 Å². The lowest BCUT2D eigenvalue weighted by atomic mass is 9.89. The monoisotopic (exact) mass is 254 g/mol. The van der Waals surface area contributed by atoms with E-state index >= 15 is 0 Å². The van der Waals surface area contributed by atoms with Crippen molar-refractivity contribution in [1.29, 1.82) is 0 Å². The van der Waals surface area contributed by atoms with Gasteiger partial charge in [0, 0.05) is 13.2 Å². The van der Waals surface area contributed by atoms with E-state index in [-0.39, 0.29) is 0 Å². The van der Waals surface area contributed by atoms with E-state index in [1.807, 2.05) is 0 Å². The van der Waals surface area contributed by atoms with Crippen LogP contribution in [0.5, 0.6) is 0 Å². The van der Waals surface area contributed by atoms with Crippen molar-refractivity contribution in [3.63, 3.8) is 0 Å². The summed E-state index contributed by atoms with van der Waals surface area (Å²) >= 11 is 0. The van der Waals surface area contributed by atoms with Crippen LogP contribution in [0, 0.1) is 5.92 Å². The molecular weight excluding hydrogens is 224 g/mol. The molecule has 0 aromatic heterocycles. The van der Waals surface area contributed by atoms with Crippen molar-refractivity contribution in [2.24, 2.45) is 5.92 Å². The normalized spacial score (nSPS) is 21.3. The molecule has 1 fully saturated rings. The molecular formula is C16H30O2. The summed E-state index contributed by atoms with van der Waals surface area (Å²) in [7, 11) is 0. The van der Waals surface area contributed by atoms with Crippen molar-refractivity contribution in [2.45, 2.75) is 70.8 Å². The van der Waals surface area contributed by atoms with Crippen LogP contribution in [0.1, 0.15) is 65.2 Å². The second-order valence-corrected chi connectivity index (χ2v) is 5.82. The van der Waals surface area contributed by atoms with Gasteiger partial charge in [0.15, 0.2) is 0 Å². The first-order valence-corrected chi connectivity index (χ1v) is 7.61. The lowest BCUT2D eigenvalue weighted by Crippen LogP contribution is -2.35. The molecule has 18 heavy (non-hydrogen) atoms. The zero-order chi connectivity index (χ0) is 13.3. The fraction of sp³-hybridized carbons (Fsp3) is 0.875. The Morgan fingerprint density at radius 3 is 2.50 bits per heavy atom. The highest BCUT2D eigenvalue weighted by atomic mass is 16.5. The van der Waals surface area contributed by atoms with Crippen molar-refractivity contribution >= 4 is 0 Å². The molecule has 0 aliphatic carbocycles. The molecule has 0 amide bonds. The summed E-state index contributed by atoms with van der Waals surface area (Å²) in [6, 6.07) is 0. The van der Waals surface area contributed by atoms with Gasteiger partial charge in [-0.15, -0.1) is 0 Å². The molecule has 0 radical (unpaired) electrons. The second kappa shape index (κ2) is 8.71. The maximum Gasteiger partial charge on any atom is 0.0694 e. The van der Waals surface area contributed by atoms with E-state index < -0.39 is 5.60 Å². The molecule has 0 aromatic carbocycles. The van der Waals surface area contributed by atoms with Gasteiger partial charge in [-0.3, -0.25) is 0 Å². The molecule has 2 heteroatoms. The molecule has 1 aliphatic rings. The van der Waals surface area contributed by atoms with Crippen LogP contribution in [0.3, 0.4) is 0 Å². The van der Waals surface area contributed by atoms with Crippen molar-refractivity contribution < 1.29 is 9.84 Å². The summed E-state index contributed by atoms with van der Waals surface area (Å²) in [6.07, 6.45) is 13.1. The lowest BCUT2D eigenvalue weighted by molar-refractivity contribution is -0.0672.